The van der Waals surface area contributed by atoms with Crippen molar-refractivity contribution in [3.8, 4) is 0 Å². The van der Waals surface area contributed by atoms with E-state index in [1.54, 1.807) is 0 Å². The van der Waals surface area contributed by atoms with Crippen molar-refractivity contribution < 1.29 is 5.11 Å². The second-order valence-electron chi connectivity index (χ2n) is 3.87. The molecule has 3 heteroatoms. The molecule has 0 bridgehead atoms. The molecule has 1 aromatic carbocycles. The number of fused-ring (bicyclic) bond motifs is 1. The molecular formula is C11H14ClNO. The van der Waals surface area contributed by atoms with Gasteiger partial charge in [-0.3, -0.25) is 0 Å². The fourth-order valence-corrected chi connectivity index (χ4v) is 2.39. The maximum atomic E-state index is 10.3. The molecule has 76 valence electrons. The van der Waals surface area contributed by atoms with Crippen LogP contribution in [0.4, 0.5) is 0 Å². The zero-order valence-electron chi connectivity index (χ0n) is 7.96. The molecule has 0 amide bonds. The molecule has 0 saturated carbocycles. The summed E-state index contributed by atoms with van der Waals surface area (Å²) in [5.41, 5.74) is 6.95. The number of halogens is 1. The van der Waals surface area contributed by atoms with Gasteiger partial charge in [0.15, 0.2) is 0 Å². The Balaban J connectivity index is 2.39. The first-order valence-electron chi connectivity index (χ1n) is 4.87. The van der Waals surface area contributed by atoms with Crippen molar-refractivity contribution in [3.63, 3.8) is 0 Å². The predicted molar refractivity (Wildman–Crippen MR) is 57.3 cm³/mol. The van der Waals surface area contributed by atoms with Crippen molar-refractivity contribution in [2.75, 3.05) is 6.54 Å². The van der Waals surface area contributed by atoms with Gasteiger partial charge >= 0.3 is 0 Å². The largest absolute Gasteiger partial charge is 0.385 e. The first kappa shape index (κ1) is 9.97. The molecule has 1 aliphatic rings. The second-order valence-corrected chi connectivity index (χ2v) is 4.31. The van der Waals surface area contributed by atoms with Gasteiger partial charge in [0.25, 0.3) is 0 Å². The van der Waals surface area contributed by atoms with Crippen LogP contribution < -0.4 is 5.73 Å². The Morgan fingerprint density at radius 3 is 3.00 bits per heavy atom. The number of benzene rings is 1. The molecule has 0 aromatic heterocycles. The lowest BCUT2D eigenvalue weighted by Crippen LogP contribution is -2.25. The topological polar surface area (TPSA) is 46.2 Å². The first-order chi connectivity index (χ1) is 6.65. The lowest BCUT2D eigenvalue weighted by Gasteiger charge is -2.23. The van der Waals surface area contributed by atoms with Crippen LogP contribution in [0.1, 0.15) is 24.0 Å². The van der Waals surface area contributed by atoms with Gasteiger partial charge in [0.2, 0.25) is 0 Å². The standard InChI is InChI=1S/C11H14ClNO/c12-9-1-2-10-8(7-9)3-4-11(10,14)5-6-13/h1-2,7,14H,3-6,13H2. The third kappa shape index (κ3) is 1.54. The number of aliphatic hydroxyl groups is 1. The fourth-order valence-electron chi connectivity index (χ4n) is 2.20. The summed E-state index contributed by atoms with van der Waals surface area (Å²) in [6.45, 7) is 0.512. The Labute approximate surface area is 88.7 Å². The zero-order valence-corrected chi connectivity index (χ0v) is 8.72. The Bertz CT molecular complexity index is 353. The van der Waals surface area contributed by atoms with Crippen molar-refractivity contribution in [3.05, 3.63) is 34.3 Å². The average molecular weight is 212 g/mol. The molecule has 1 unspecified atom stereocenters. The maximum Gasteiger partial charge on any atom is 0.0914 e. The Morgan fingerprint density at radius 1 is 1.50 bits per heavy atom. The highest BCUT2D eigenvalue weighted by Gasteiger charge is 2.35. The van der Waals surface area contributed by atoms with Crippen molar-refractivity contribution in [1.82, 2.24) is 0 Å². The van der Waals surface area contributed by atoms with Gasteiger partial charge in [0.1, 0.15) is 0 Å². The van der Waals surface area contributed by atoms with Gasteiger partial charge in [-0.1, -0.05) is 17.7 Å². The van der Waals surface area contributed by atoms with Gasteiger partial charge in [0, 0.05) is 5.02 Å². The van der Waals surface area contributed by atoms with Gasteiger partial charge in [-0.2, -0.15) is 0 Å². The van der Waals surface area contributed by atoms with Crippen molar-refractivity contribution in [2.24, 2.45) is 5.73 Å². The van der Waals surface area contributed by atoms with E-state index >= 15 is 0 Å². The second kappa shape index (κ2) is 3.54. The highest BCUT2D eigenvalue weighted by molar-refractivity contribution is 6.30. The Hall–Kier alpha value is -0.570. The van der Waals surface area contributed by atoms with Crippen LogP contribution in [0.25, 0.3) is 0 Å². The van der Waals surface area contributed by atoms with Crippen LogP contribution in [-0.4, -0.2) is 11.7 Å². The molecule has 2 nitrogen and oxygen atoms in total. The van der Waals surface area contributed by atoms with E-state index in [-0.39, 0.29) is 0 Å². The SMILES string of the molecule is NCCC1(O)CCc2cc(Cl)ccc21. The summed E-state index contributed by atoms with van der Waals surface area (Å²) in [4.78, 5) is 0. The quantitative estimate of drug-likeness (QED) is 0.784. The van der Waals surface area contributed by atoms with Gasteiger partial charge < -0.3 is 10.8 Å². The molecule has 3 N–H and O–H groups in total. The highest BCUT2D eigenvalue weighted by Crippen LogP contribution is 2.39. The van der Waals surface area contributed by atoms with E-state index in [4.69, 9.17) is 17.3 Å². The number of hydrogen-bond donors (Lipinski definition) is 2. The van der Waals surface area contributed by atoms with E-state index in [0.717, 1.165) is 29.0 Å². The van der Waals surface area contributed by atoms with Crippen LogP contribution in [0, 0.1) is 0 Å². The lowest BCUT2D eigenvalue weighted by atomic mass is 9.92. The molecule has 0 spiro atoms. The van der Waals surface area contributed by atoms with Crippen LogP contribution in [0.3, 0.4) is 0 Å². The van der Waals surface area contributed by atoms with E-state index < -0.39 is 5.60 Å². The van der Waals surface area contributed by atoms with Crippen LogP contribution >= 0.6 is 11.6 Å². The summed E-state index contributed by atoms with van der Waals surface area (Å²) in [6.07, 6.45) is 2.29. The van der Waals surface area contributed by atoms with E-state index in [0.29, 0.717) is 13.0 Å². The molecule has 0 fully saturated rings. The summed E-state index contributed by atoms with van der Waals surface area (Å²) >= 11 is 5.89. The fraction of sp³-hybridized carbons (Fsp3) is 0.455. The summed E-state index contributed by atoms with van der Waals surface area (Å²) in [6, 6.07) is 5.68. The average Bonchev–Trinajstić information content (AvgIpc) is 2.44. The van der Waals surface area contributed by atoms with Crippen molar-refractivity contribution in [2.45, 2.75) is 24.9 Å². The third-order valence-electron chi connectivity index (χ3n) is 2.93. The number of hydrogen-bond acceptors (Lipinski definition) is 2. The first-order valence-corrected chi connectivity index (χ1v) is 5.25. The molecule has 14 heavy (non-hydrogen) atoms. The number of aryl methyl sites for hydroxylation is 1. The van der Waals surface area contributed by atoms with Gasteiger partial charge in [0.05, 0.1) is 5.60 Å². The molecule has 0 saturated heterocycles. The van der Waals surface area contributed by atoms with E-state index in [1.807, 2.05) is 18.2 Å². The molecule has 2 rings (SSSR count). The van der Waals surface area contributed by atoms with E-state index in [9.17, 15) is 5.11 Å². The molecule has 0 aliphatic heterocycles. The highest BCUT2D eigenvalue weighted by atomic mass is 35.5. The minimum absolute atomic E-state index is 0.512. The summed E-state index contributed by atoms with van der Waals surface area (Å²) in [5.74, 6) is 0. The van der Waals surface area contributed by atoms with Crippen LogP contribution in [0.2, 0.25) is 5.02 Å². The number of nitrogens with two attached hydrogens (primary N) is 1. The predicted octanol–water partition coefficient (Wildman–Crippen LogP) is 1.82. The summed E-state index contributed by atoms with van der Waals surface area (Å²) in [7, 11) is 0. The van der Waals surface area contributed by atoms with Gasteiger partial charge in [-0.15, -0.1) is 0 Å². The molecular weight excluding hydrogens is 198 g/mol. The van der Waals surface area contributed by atoms with Crippen LogP contribution in [0.5, 0.6) is 0 Å². The molecule has 1 aliphatic carbocycles. The Morgan fingerprint density at radius 2 is 2.29 bits per heavy atom. The van der Waals surface area contributed by atoms with Gasteiger partial charge in [-0.05, 0) is 49.1 Å². The zero-order chi connectivity index (χ0) is 10.2. The number of rotatable bonds is 2. The molecule has 1 atom stereocenters. The summed E-state index contributed by atoms with van der Waals surface area (Å²) < 4.78 is 0. The maximum absolute atomic E-state index is 10.3. The van der Waals surface area contributed by atoms with Crippen LogP contribution in [0.15, 0.2) is 18.2 Å². The van der Waals surface area contributed by atoms with E-state index in [2.05, 4.69) is 0 Å². The van der Waals surface area contributed by atoms with Crippen LogP contribution in [-0.2, 0) is 12.0 Å². The molecule has 1 aromatic rings. The van der Waals surface area contributed by atoms with Gasteiger partial charge in [-0.25, -0.2) is 0 Å². The van der Waals surface area contributed by atoms with Crippen molar-refractivity contribution in [1.29, 1.82) is 0 Å². The van der Waals surface area contributed by atoms with E-state index in [1.165, 1.54) is 0 Å². The minimum atomic E-state index is -0.714. The Kier molecular flexibility index (Phi) is 2.52. The third-order valence-corrected chi connectivity index (χ3v) is 3.17. The minimum Gasteiger partial charge on any atom is -0.385 e. The lowest BCUT2D eigenvalue weighted by molar-refractivity contribution is 0.0320. The smallest absolute Gasteiger partial charge is 0.0914 e. The summed E-state index contributed by atoms with van der Waals surface area (Å²) in [5, 5.41) is 11.0. The van der Waals surface area contributed by atoms with Crippen molar-refractivity contribution >= 4 is 11.6 Å². The normalized spacial score (nSPS) is 25.1. The molecule has 0 radical (unpaired) electrons. The molecule has 0 heterocycles. The monoisotopic (exact) mass is 211 g/mol.